The molecule has 10 heteroatoms. The zero-order valence-electron chi connectivity index (χ0n) is 28.2. The van der Waals surface area contributed by atoms with Crippen LogP contribution in [0.4, 0.5) is 0 Å². The predicted octanol–water partition coefficient (Wildman–Crippen LogP) is 3.85. The molecule has 0 saturated carbocycles. The highest BCUT2D eigenvalue weighted by molar-refractivity contribution is 5.86. The van der Waals surface area contributed by atoms with E-state index in [0.29, 0.717) is 25.8 Å². The molecule has 0 radical (unpaired) electrons. The summed E-state index contributed by atoms with van der Waals surface area (Å²) < 4.78 is 16.7. The van der Waals surface area contributed by atoms with E-state index in [9.17, 15) is 19.2 Å². The van der Waals surface area contributed by atoms with Gasteiger partial charge in [-0.15, -0.1) is 0 Å². The molecule has 1 aliphatic heterocycles. The van der Waals surface area contributed by atoms with Crippen LogP contribution in [-0.4, -0.2) is 98.7 Å². The summed E-state index contributed by atoms with van der Waals surface area (Å²) in [5.41, 5.74) is 0.895. The van der Waals surface area contributed by atoms with E-state index < -0.39 is 30.1 Å². The second-order valence-corrected chi connectivity index (χ2v) is 12.5. The number of likely N-dealkylation sites (tertiary alicyclic amines) is 1. The fourth-order valence-electron chi connectivity index (χ4n) is 6.31. The molecule has 0 aliphatic carbocycles. The molecule has 0 aromatic heterocycles. The molecule has 7 unspecified atom stereocenters. The Balaban J connectivity index is 2.20. The maximum absolute atomic E-state index is 13.9. The molecule has 3 amide bonds. The number of likely N-dealkylation sites (N-methyl/N-ethyl adjacent to an activating group) is 1. The van der Waals surface area contributed by atoms with Crippen LogP contribution in [0.15, 0.2) is 30.3 Å². The fraction of sp³-hybridized carbons (Fsp3) is 0.706. The molecule has 10 nitrogen and oxygen atoms in total. The summed E-state index contributed by atoms with van der Waals surface area (Å²) in [6.45, 7) is 10.5. The molecule has 1 aromatic carbocycles. The summed E-state index contributed by atoms with van der Waals surface area (Å²) in [5, 5.41) is 2.86. The number of carbonyl (C=O) groups excluding carboxylic acids is 4. The highest BCUT2D eigenvalue weighted by Gasteiger charge is 2.42. The Hall–Kier alpha value is -2.98. The molecular weight excluding hydrogens is 562 g/mol. The van der Waals surface area contributed by atoms with Crippen molar-refractivity contribution >= 4 is 23.7 Å². The number of benzene rings is 1. The lowest BCUT2D eigenvalue weighted by molar-refractivity contribution is -0.148. The van der Waals surface area contributed by atoms with Crippen molar-refractivity contribution in [2.45, 2.75) is 103 Å². The number of ether oxygens (including phenoxy) is 3. The number of carbonyl (C=O) groups is 4. The minimum Gasteiger partial charge on any atom is -0.467 e. The van der Waals surface area contributed by atoms with Crippen molar-refractivity contribution in [2.75, 3.05) is 34.9 Å². The number of hydrogen-bond acceptors (Lipinski definition) is 7. The SMILES string of the molecule is CCC(C)C(C(CC(=O)N1CCCC1C(OC)C(C)C(=O)NC(Cc1ccccc1)C(=O)OC)OC)N(C)C(=O)CC(C)C. The standard InChI is InChI=1S/C34H55N3O7/c1-10-23(4)31(36(6)29(38)19-22(2)3)28(42-7)21-30(39)37-18-14-17-27(37)32(43-8)24(5)33(40)35-26(34(41)44-9)20-25-15-12-11-13-16-25/h11-13,15-16,22-24,26-28,31-32H,10,14,17-21H2,1-9H3,(H,35,40). The van der Waals surface area contributed by atoms with Crippen molar-refractivity contribution in [2.24, 2.45) is 17.8 Å². The highest BCUT2D eigenvalue weighted by atomic mass is 16.5. The van der Waals surface area contributed by atoms with E-state index in [0.717, 1.165) is 18.4 Å². The van der Waals surface area contributed by atoms with E-state index in [4.69, 9.17) is 14.2 Å². The van der Waals surface area contributed by atoms with Crippen LogP contribution in [0.25, 0.3) is 0 Å². The fourth-order valence-corrected chi connectivity index (χ4v) is 6.31. The van der Waals surface area contributed by atoms with Gasteiger partial charge in [0.1, 0.15) is 6.04 Å². The first kappa shape index (κ1) is 37.2. The predicted molar refractivity (Wildman–Crippen MR) is 170 cm³/mol. The van der Waals surface area contributed by atoms with E-state index in [1.165, 1.54) is 7.11 Å². The lowest BCUT2D eigenvalue weighted by Gasteiger charge is -2.39. The first-order valence-electron chi connectivity index (χ1n) is 15.9. The van der Waals surface area contributed by atoms with Crippen LogP contribution < -0.4 is 5.32 Å². The minimum absolute atomic E-state index is 0.0376. The third-order valence-corrected chi connectivity index (χ3v) is 8.97. The van der Waals surface area contributed by atoms with Crippen molar-refractivity contribution in [3.8, 4) is 0 Å². The van der Waals surface area contributed by atoms with Crippen LogP contribution in [0.3, 0.4) is 0 Å². The van der Waals surface area contributed by atoms with Gasteiger partial charge in [-0.2, -0.15) is 0 Å². The molecule has 1 fully saturated rings. The number of esters is 1. The quantitative estimate of drug-likeness (QED) is 0.264. The average molecular weight is 618 g/mol. The summed E-state index contributed by atoms with van der Waals surface area (Å²) in [6.07, 6.45) is 2.06. The molecule has 1 aromatic rings. The van der Waals surface area contributed by atoms with E-state index >= 15 is 0 Å². The number of methoxy groups -OCH3 is 3. The lowest BCUT2D eigenvalue weighted by atomic mass is 9.90. The molecule has 1 saturated heterocycles. The number of amides is 3. The zero-order chi connectivity index (χ0) is 33.0. The Kier molecular flexibility index (Phi) is 15.3. The van der Waals surface area contributed by atoms with Gasteiger partial charge in [0.25, 0.3) is 0 Å². The minimum atomic E-state index is -0.855. The van der Waals surface area contributed by atoms with E-state index in [1.54, 1.807) is 38.0 Å². The largest absolute Gasteiger partial charge is 0.467 e. The molecule has 1 N–H and O–H groups in total. The van der Waals surface area contributed by atoms with Crippen LogP contribution in [0.1, 0.15) is 72.3 Å². The van der Waals surface area contributed by atoms with Gasteiger partial charge < -0.3 is 29.3 Å². The highest BCUT2D eigenvalue weighted by Crippen LogP contribution is 2.29. The van der Waals surface area contributed by atoms with Crippen molar-refractivity contribution in [1.29, 1.82) is 0 Å². The van der Waals surface area contributed by atoms with Crippen LogP contribution in [0.2, 0.25) is 0 Å². The van der Waals surface area contributed by atoms with Gasteiger partial charge in [-0.1, -0.05) is 71.4 Å². The van der Waals surface area contributed by atoms with Crippen molar-refractivity contribution in [3.63, 3.8) is 0 Å². The number of rotatable bonds is 17. The Morgan fingerprint density at radius 3 is 2.20 bits per heavy atom. The van der Waals surface area contributed by atoms with Crippen LogP contribution >= 0.6 is 0 Å². The summed E-state index contributed by atoms with van der Waals surface area (Å²) in [7, 11) is 6.24. The van der Waals surface area contributed by atoms with Gasteiger partial charge in [0.15, 0.2) is 0 Å². The molecule has 1 heterocycles. The third kappa shape index (κ3) is 10.0. The van der Waals surface area contributed by atoms with Crippen LogP contribution in [-0.2, 0) is 39.8 Å². The van der Waals surface area contributed by atoms with Gasteiger partial charge in [-0.3, -0.25) is 14.4 Å². The maximum Gasteiger partial charge on any atom is 0.328 e. The summed E-state index contributed by atoms with van der Waals surface area (Å²) in [4.78, 5) is 56.5. The van der Waals surface area contributed by atoms with Gasteiger partial charge in [0, 0.05) is 40.7 Å². The molecule has 2 rings (SSSR count). The Morgan fingerprint density at radius 2 is 1.66 bits per heavy atom. The molecule has 7 atom stereocenters. The number of hydrogen-bond donors (Lipinski definition) is 1. The van der Waals surface area contributed by atoms with E-state index in [2.05, 4.69) is 19.2 Å². The van der Waals surface area contributed by atoms with Crippen LogP contribution in [0, 0.1) is 17.8 Å². The lowest BCUT2D eigenvalue weighted by Crippen LogP contribution is -2.54. The van der Waals surface area contributed by atoms with Crippen molar-refractivity contribution in [3.05, 3.63) is 35.9 Å². The number of nitrogens with zero attached hydrogens (tertiary/aromatic N) is 2. The molecule has 1 aliphatic rings. The molecule has 0 spiro atoms. The van der Waals surface area contributed by atoms with E-state index in [1.807, 2.05) is 44.2 Å². The van der Waals surface area contributed by atoms with Crippen molar-refractivity contribution < 1.29 is 33.4 Å². The monoisotopic (exact) mass is 617 g/mol. The zero-order valence-corrected chi connectivity index (χ0v) is 28.2. The third-order valence-electron chi connectivity index (χ3n) is 8.97. The summed E-state index contributed by atoms with van der Waals surface area (Å²) in [5.74, 6) is -1.23. The molecule has 44 heavy (non-hydrogen) atoms. The van der Waals surface area contributed by atoms with Gasteiger partial charge in [-0.05, 0) is 30.2 Å². The number of nitrogens with one attached hydrogen (secondary N) is 1. The normalized spacial score (nSPS) is 19.0. The van der Waals surface area contributed by atoms with Crippen LogP contribution in [0.5, 0.6) is 0 Å². The van der Waals surface area contributed by atoms with Gasteiger partial charge >= 0.3 is 5.97 Å². The molecule has 0 bridgehead atoms. The summed E-state index contributed by atoms with van der Waals surface area (Å²) in [6, 6.07) is 7.99. The first-order chi connectivity index (χ1) is 20.9. The Bertz CT molecular complexity index is 1070. The van der Waals surface area contributed by atoms with Gasteiger partial charge in [0.05, 0.1) is 43.7 Å². The van der Waals surface area contributed by atoms with Gasteiger partial charge in [-0.25, -0.2) is 4.79 Å². The van der Waals surface area contributed by atoms with Gasteiger partial charge in [0.2, 0.25) is 17.7 Å². The second-order valence-electron chi connectivity index (χ2n) is 12.5. The topological polar surface area (TPSA) is 114 Å². The summed E-state index contributed by atoms with van der Waals surface area (Å²) >= 11 is 0. The Labute approximate surface area is 264 Å². The second kappa shape index (κ2) is 18.1. The Morgan fingerprint density at radius 1 is 1.00 bits per heavy atom. The first-order valence-corrected chi connectivity index (χ1v) is 15.9. The van der Waals surface area contributed by atoms with Crippen molar-refractivity contribution in [1.82, 2.24) is 15.1 Å². The molecule has 248 valence electrons. The smallest absolute Gasteiger partial charge is 0.328 e. The average Bonchev–Trinajstić information content (AvgIpc) is 3.49. The van der Waals surface area contributed by atoms with E-state index in [-0.39, 0.29) is 48.1 Å². The molecular formula is C34H55N3O7. The maximum atomic E-state index is 13.9.